The quantitative estimate of drug-likeness (QED) is 0.732. The molecule has 2 aliphatic heterocycles. The van der Waals surface area contributed by atoms with Gasteiger partial charge in [-0.25, -0.2) is 0 Å². The van der Waals surface area contributed by atoms with E-state index in [1.54, 1.807) is 0 Å². The normalized spacial score (nSPS) is 32.1. The maximum atomic E-state index is 6.14. The maximum Gasteiger partial charge on any atom is 0.256 e. The van der Waals surface area contributed by atoms with Gasteiger partial charge in [0.2, 0.25) is 5.79 Å². The Balaban J connectivity index is 1.97. The first kappa shape index (κ1) is 11.2. The fraction of sp³-hybridized carbons (Fsp3) is 0.250. The third-order valence-corrected chi connectivity index (χ3v) is 3.73. The van der Waals surface area contributed by atoms with Gasteiger partial charge in [-0.3, -0.25) is 0 Å². The highest BCUT2D eigenvalue weighted by Crippen LogP contribution is 2.51. The third kappa shape index (κ3) is 1.49. The van der Waals surface area contributed by atoms with E-state index in [1.165, 1.54) is 5.56 Å². The van der Waals surface area contributed by atoms with Crippen LogP contribution >= 0.6 is 0 Å². The molecular formula is C16H14O3. The van der Waals surface area contributed by atoms with Crippen molar-refractivity contribution >= 4 is 0 Å². The van der Waals surface area contributed by atoms with Crippen LogP contribution in [0.25, 0.3) is 0 Å². The van der Waals surface area contributed by atoms with Crippen LogP contribution in [-0.4, -0.2) is 5.79 Å². The minimum atomic E-state index is -0.940. The van der Waals surface area contributed by atoms with Crippen molar-refractivity contribution in [1.29, 1.82) is 0 Å². The van der Waals surface area contributed by atoms with Gasteiger partial charge in [0.25, 0.3) is 5.79 Å². The Labute approximate surface area is 111 Å². The minimum Gasteiger partial charge on any atom is -0.304 e. The number of hydrogen-bond acceptors (Lipinski definition) is 3. The molecule has 4 rings (SSSR count). The monoisotopic (exact) mass is 254 g/mol. The van der Waals surface area contributed by atoms with E-state index in [0.29, 0.717) is 6.42 Å². The molecule has 3 heteroatoms. The van der Waals surface area contributed by atoms with Gasteiger partial charge in [-0.1, -0.05) is 54.6 Å². The predicted molar refractivity (Wildman–Crippen MR) is 69.0 cm³/mol. The molecule has 0 spiro atoms. The molecule has 2 bridgehead atoms. The van der Waals surface area contributed by atoms with Crippen LogP contribution in [0.15, 0.2) is 54.6 Å². The summed E-state index contributed by atoms with van der Waals surface area (Å²) in [6.07, 6.45) is 0.692. The van der Waals surface area contributed by atoms with E-state index < -0.39 is 11.6 Å². The van der Waals surface area contributed by atoms with Crippen molar-refractivity contribution in [2.24, 2.45) is 0 Å². The molecule has 0 aliphatic carbocycles. The molecule has 0 radical (unpaired) electrons. The van der Waals surface area contributed by atoms with Crippen LogP contribution in [-0.2, 0) is 26.7 Å². The molecule has 2 aromatic carbocycles. The molecule has 19 heavy (non-hydrogen) atoms. The van der Waals surface area contributed by atoms with Gasteiger partial charge in [0.05, 0.1) is 0 Å². The lowest BCUT2D eigenvalue weighted by molar-refractivity contribution is -0.339. The Kier molecular flexibility index (Phi) is 2.16. The molecule has 3 nitrogen and oxygen atoms in total. The Morgan fingerprint density at radius 2 is 1.63 bits per heavy atom. The van der Waals surface area contributed by atoms with Crippen LogP contribution in [0.5, 0.6) is 0 Å². The van der Waals surface area contributed by atoms with Gasteiger partial charge in [0.15, 0.2) is 0 Å². The molecule has 1 fully saturated rings. The zero-order valence-corrected chi connectivity index (χ0v) is 10.6. The van der Waals surface area contributed by atoms with Crippen molar-refractivity contribution in [3.05, 3.63) is 71.3 Å². The van der Waals surface area contributed by atoms with E-state index >= 15 is 0 Å². The first-order valence-corrected chi connectivity index (χ1v) is 6.43. The fourth-order valence-corrected chi connectivity index (χ4v) is 2.91. The van der Waals surface area contributed by atoms with Gasteiger partial charge < -0.3 is 4.74 Å². The molecular weight excluding hydrogens is 240 g/mol. The highest BCUT2D eigenvalue weighted by Gasteiger charge is 2.57. The van der Waals surface area contributed by atoms with E-state index in [1.807, 2.05) is 55.5 Å². The first-order chi connectivity index (χ1) is 9.22. The lowest BCUT2D eigenvalue weighted by Gasteiger charge is -2.34. The average molecular weight is 254 g/mol. The van der Waals surface area contributed by atoms with E-state index in [2.05, 4.69) is 6.07 Å². The number of rotatable bonds is 1. The number of benzene rings is 2. The second-order valence-corrected chi connectivity index (χ2v) is 5.22. The highest BCUT2D eigenvalue weighted by atomic mass is 17.3. The summed E-state index contributed by atoms with van der Waals surface area (Å²) in [6.45, 7) is 1.91. The van der Waals surface area contributed by atoms with Crippen molar-refractivity contribution < 1.29 is 14.5 Å². The molecule has 1 saturated heterocycles. The number of ether oxygens (including phenoxy) is 1. The summed E-state index contributed by atoms with van der Waals surface area (Å²) in [5.41, 5.74) is 3.18. The Morgan fingerprint density at radius 1 is 0.895 bits per heavy atom. The molecule has 2 aromatic rings. The van der Waals surface area contributed by atoms with E-state index in [0.717, 1.165) is 11.1 Å². The minimum absolute atomic E-state index is 0.692. The molecule has 0 amide bonds. The van der Waals surface area contributed by atoms with Gasteiger partial charge in [0, 0.05) is 17.5 Å². The Morgan fingerprint density at radius 3 is 2.47 bits per heavy atom. The smallest absolute Gasteiger partial charge is 0.256 e. The van der Waals surface area contributed by atoms with Gasteiger partial charge in [-0.2, -0.15) is 9.78 Å². The summed E-state index contributed by atoms with van der Waals surface area (Å²) in [4.78, 5) is 11.1. The summed E-state index contributed by atoms with van der Waals surface area (Å²) in [5.74, 6) is -1.66. The van der Waals surface area contributed by atoms with Crippen LogP contribution in [0.3, 0.4) is 0 Å². The van der Waals surface area contributed by atoms with Crippen LogP contribution in [0.2, 0.25) is 0 Å². The van der Waals surface area contributed by atoms with Gasteiger partial charge >= 0.3 is 0 Å². The molecule has 2 atom stereocenters. The summed E-state index contributed by atoms with van der Waals surface area (Å²) in [6, 6.07) is 18.1. The molecule has 0 saturated carbocycles. The zero-order chi connectivity index (χ0) is 12.9. The Bertz CT molecular complexity index is 625. The second kappa shape index (κ2) is 3.67. The maximum absolute atomic E-state index is 6.14. The highest BCUT2D eigenvalue weighted by molar-refractivity contribution is 5.42. The summed E-state index contributed by atoms with van der Waals surface area (Å²) in [5, 5.41) is 0. The third-order valence-electron chi connectivity index (χ3n) is 3.73. The summed E-state index contributed by atoms with van der Waals surface area (Å²) in [7, 11) is 0. The Hall–Kier alpha value is -1.68. The lowest BCUT2D eigenvalue weighted by atomic mass is 9.87. The van der Waals surface area contributed by atoms with Crippen LogP contribution in [0, 0.1) is 0 Å². The SMILES string of the molecule is CC12Cc3ccccc3C(c3ccccc3)(OO1)O2. The fourth-order valence-electron chi connectivity index (χ4n) is 2.91. The van der Waals surface area contributed by atoms with E-state index in [4.69, 9.17) is 14.5 Å². The average Bonchev–Trinajstić information content (AvgIpc) is 2.74. The lowest BCUT2D eigenvalue weighted by Crippen LogP contribution is -2.40. The van der Waals surface area contributed by atoms with E-state index in [-0.39, 0.29) is 0 Å². The van der Waals surface area contributed by atoms with Gasteiger partial charge in [-0.15, -0.1) is 0 Å². The van der Waals surface area contributed by atoms with Gasteiger partial charge in [0.1, 0.15) is 0 Å². The van der Waals surface area contributed by atoms with Crippen molar-refractivity contribution in [3.63, 3.8) is 0 Å². The van der Waals surface area contributed by atoms with Crippen molar-refractivity contribution in [2.45, 2.75) is 24.9 Å². The number of fused-ring (bicyclic) bond motifs is 4. The van der Waals surface area contributed by atoms with E-state index in [9.17, 15) is 0 Å². The summed E-state index contributed by atoms with van der Waals surface area (Å²) < 4.78 is 6.14. The molecule has 2 heterocycles. The topological polar surface area (TPSA) is 27.7 Å². The van der Waals surface area contributed by atoms with Crippen molar-refractivity contribution in [1.82, 2.24) is 0 Å². The predicted octanol–water partition coefficient (Wildman–Crippen LogP) is 3.14. The van der Waals surface area contributed by atoms with Crippen LogP contribution in [0.4, 0.5) is 0 Å². The second-order valence-electron chi connectivity index (χ2n) is 5.22. The van der Waals surface area contributed by atoms with Crippen LogP contribution in [0.1, 0.15) is 23.6 Å². The van der Waals surface area contributed by atoms with Crippen LogP contribution < -0.4 is 0 Å². The van der Waals surface area contributed by atoms with Gasteiger partial charge in [-0.05, 0) is 12.5 Å². The molecule has 0 aromatic heterocycles. The van der Waals surface area contributed by atoms with Crippen molar-refractivity contribution in [2.75, 3.05) is 0 Å². The standard InChI is InChI=1S/C16H14O3/c1-15-11-12-7-5-6-10-14(12)16(17-15,19-18-15)13-8-3-2-4-9-13/h2-10H,11H2,1H3. The summed E-state index contributed by atoms with van der Waals surface area (Å²) >= 11 is 0. The molecule has 96 valence electrons. The van der Waals surface area contributed by atoms with Crippen molar-refractivity contribution in [3.8, 4) is 0 Å². The largest absolute Gasteiger partial charge is 0.304 e. The molecule has 2 unspecified atom stereocenters. The molecule has 0 N–H and O–H groups in total. The first-order valence-electron chi connectivity index (χ1n) is 6.43. The number of hydrogen-bond donors (Lipinski definition) is 0. The molecule has 2 aliphatic rings. The zero-order valence-electron chi connectivity index (χ0n) is 10.6.